The normalized spacial score (nSPS) is 27.1. The smallest absolute Gasteiger partial charge is 0.193 e. The van der Waals surface area contributed by atoms with Crippen LogP contribution in [-0.2, 0) is 4.74 Å². The van der Waals surface area contributed by atoms with Crippen LogP contribution in [0, 0.1) is 5.92 Å². The van der Waals surface area contributed by atoms with Crippen molar-refractivity contribution in [1.82, 2.24) is 24.9 Å². The molecule has 0 bridgehead atoms. The lowest BCUT2D eigenvalue weighted by Gasteiger charge is -2.40. The number of likely N-dealkylation sites (N-methyl/N-ethyl adjacent to an activating group) is 1. The molecule has 3 heterocycles. The fourth-order valence-electron chi connectivity index (χ4n) is 4.64. The lowest BCUT2D eigenvalue weighted by molar-refractivity contribution is 0.0194. The maximum atomic E-state index is 5.51. The number of piperazine rings is 1. The number of aliphatic imine (C=N–C) groups is 1. The number of nitrogens with zero attached hydrogens (tertiary/aromatic N) is 5. The fourth-order valence-corrected chi connectivity index (χ4v) is 4.64. The van der Waals surface area contributed by atoms with Gasteiger partial charge in [-0.25, -0.2) is 0 Å². The molecule has 3 aliphatic rings. The Morgan fingerprint density at radius 2 is 1.75 bits per heavy atom. The number of halogens is 1. The summed E-state index contributed by atoms with van der Waals surface area (Å²) in [5.74, 6) is 1.71. The molecule has 0 aliphatic carbocycles. The third kappa shape index (κ3) is 6.42. The van der Waals surface area contributed by atoms with E-state index >= 15 is 0 Å². The van der Waals surface area contributed by atoms with E-state index in [0.29, 0.717) is 18.0 Å². The second-order valence-corrected chi connectivity index (χ2v) is 8.62. The number of nitrogens with one attached hydrogen (secondary N) is 1. The van der Waals surface area contributed by atoms with E-state index in [1.54, 1.807) is 0 Å². The summed E-state index contributed by atoms with van der Waals surface area (Å²) >= 11 is 0. The molecular weight excluding hydrogens is 467 g/mol. The van der Waals surface area contributed by atoms with E-state index in [-0.39, 0.29) is 24.0 Å². The molecule has 2 atom stereocenters. The first-order valence-electron chi connectivity index (χ1n) is 10.8. The molecule has 0 amide bonds. The summed E-state index contributed by atoms with van der Waals surface area (Å²) in [6.07, 6.45) is 1.23. The van der Waals surface area contributed by atoms with Gasteiger partial charge in [0.2, 0.25) is 0 Å². The molecule has 3 saturated heterocycles. The molecule has 3 fully saturated rings. The van der Waals surface area contributed by atoms with Crippen LogP contribution in [0.5, 0.6) is 0 Å². The minimum atomic E-state index is 0. The van der Waals surface area contributed by atoms with E-state index in [1.165, 1.54) is 32.6 Å². The number of likely N-dealkylation sites (tertiary alicyclic amines) is 1. The van der Waals surface area contributed by atoms with E-state index in [2.05, 4.69) is 50.8 Å². The summed E-state index contributed by atoms with van der Waals surface area (Å²) < 4.78 is 5.51. The van der Waals surface area contributed by atoms with Crippen LogP contribution in [-0.4, -0.2) is 124 Å². The van der Waals surface area contributed by atoms with Gasteiger partial charge < -0.3 is 19.9 Å². The van der Waals surface area contributed by atoms with Crippen molar-refractivity contribution in [2.45, 2.75) is 32.4 Å². The minimum Gasteiger partial charge on any atom is -0.379 e. The van der Waals surface area contributed by atoms with Crippen LogP contribution < -0.4 is 5.32 Å². The summed E-state index contributed by atoms with van der Waals surface area (Å²) in [5.41, 5.74) is 0. The zero-order valence-corrected chi connectivity index (χ0v) is 20.6. The van der Waals surface area contributed by atoms with E-state index in [0.717, 1.165) is 51.9 Å². The van der Waals surface area contributed by atoms with Crippen molar-refractivity contribution in [3.63, 3.8) is 0 Å². The van der Waals surface area contributed by atoms with Crippen LogP contribution in [0.3, 0.4) is 0 Å². The van der Waals surface area contributed by atoms with Gasteiger partial charge >= 0.3 is 0 Å². The number of guanidine groups is 1. The molecule has 7 nitrogen and oxygen atoms in total. The van der Waals surface area contributed by atoms with Gasteiger partial charge in [0.1, 0.15) is 0 Å². The standard InChI is InChI=1S/C20H40N6O.HI/c1-17(2)19(25-9-7-23(4)8-10-25)15-22-20(21-3)26-6-5-18(16-26)24-11-13-27-14-12-24;/h17-19H,5-16H2,1-4H3,(H,21,22);1H. The molecular formula is C20H41IN6O. The highest BCUT2D eigenvalue weighted by atomic mass is 127. The molecule has 0 saturated carbocycles. The minimum absolute atomic E-state index is 0. The molecule has 0 spiro atoms. The Balaban J connectivity index is 0.00000280. The average molecular weight is 508 g/mol. The molecule has 1 N–H and O–H groups in total. The van der Waals surface area contributed by atoms with Crippen LogP contribution in [0.25, 0.3) is 0 Å². The Labute approximate surface area is 188 Å². The van der Waals surface area contributed by atoms with Crippen molar-refractivity contribution in [2.24, 2.45) is 10.9 Å². The molecule has 0 aromatic carbocycles. The zero-order valence-electron chi connectivity index (χ0n) is 18.3. The number of morpholine rings is 1. The van der Waals surface area contributed by atoms with Gasteiger partial charge in [-0.1, -0.05) is 13.8 Å². The first-order chi connectivity index (χ1) is 13.1. The lowest BCUT2D eigenvalue weighted by atomic mass is 10.0. The van der Waals surface area contributed by atoms with Crippen molar-refractivity contribution < 1.29 is 4.74 Å². The molecule has 0 radical (unpaired) electrons. The van der Waals surface area contributed by atoms with Gasteiger partial charge in [-0.3, -0.25) is 14.8 Å². The Kier molecular flexibility index (Phi) is 10.2. The molecule has 8 heteroatoms. The van der Waals surface area contributed by atoms with Gasteiger partial charge in [-0.2, -0.15) is 0 Å². The molecule has 164 valence electrons. The number of ether oxygens (including phenoxy) is 1. The summed E-state index contributed by atoms with van der Waals surface area (Å²) in [7, 11) is 4.14. The Morgan fingerprint density at radius 1 is 1.07 bits per heavy atom. The third-order valence-corrected chi connectivity index (χ3v) is 6.48. The highest BCUT2D eigenvalue weighted by Crippen LogP contribution is 2.18. The summed E-state index contributed by atoms with van der Waals surface area (Å²) in [5, 5.41) is 3.70. The van der Waals surface area contributed by atoms with Crippen molar-refractivity contribution in [3.05, 3.63) is 0 Å². The van der Waals surface area contributed by atoms with E-state index < -0.39 is 0 Å². The lowest BCUT2D eigenvalue weighted by Crippen LogP contribution is -2.55. The van der Waals surface area contributed by atoms with Gasteiger partial charge in [0.05, 0.1) is 13.2 Å². The summed E-state index contributed by atoms with van der Waals surface area (Å²) in [4.78, 5) is 14.7. The van der Waals surface area contributed by atoms with Gasteiger partial charge in [0, 0.05) is 78.0 Å². The topological polar surface area (TPSA) is 46.6 Å². The van der Waals surface area contributed by atoms with Gasteiger partial charge in [0.15, 0.2) is 5.96 Å². The number of hydrogen-bond acceptors (Lipinski definition) is 5. The summed E-state index contributed by atoms with van der Waals surface area (Å²) in [6.45, 7) is 16.4. The SMILES string of the molecule is CN=C(NCC(C(C)C)N1CCN(C)CC1)N1CCC(N2CCOCC2)C1.I. The van der Waals surface area contributed by atoms with Crippen molar-refractivity contribution in [3.8, 4) is 0 Å². The largest absolute Gasteiger partial charge is 0.379 e. The highest BCUT2D eigenvalue weighted by molar-refractivity contribution is 14.0. The van der Waals surface area contributed by atoms with Crippen molar-refractivity contribution in [2.75, 3.05) is 86.2 Å². The van der Waals surface area contributed by atoms with E-state index in [9.17, 15) is 0 Å². The fraction of sp³-hybridized carbons (Fsp3) is 0.950. The molecule has 28 heavy (non-hydrogen) atoms. The van der Waals surface area contributed by atoms with Crippen LogP contribution in [0.15, 0.2) is 4.99 Å². The Morgan fingerprint density at radius 3 is 2.36 bits per heavy atom. The van der Waals surface area contributed by atoms with E-state index in [1.807, 2.05) is 7.05 Å². The maximum absolute atomic E-state index is 5.51. The number of rotatable bonds is 5. The predicted molar refractivity (Wildman–Crippen MR) is 127 cm³/mol. The van der Waals surface area contributed by atoms with Crippen LogP contribution in [0.4, 0.5) is 0 Å². The first kappa shape index (κ1) is 24.1. The third-order valence-electron chi connectivity index (χ3n) is 6.48. The molecule has 3 aliphatic heterocycles. The van der Waals surface area contributed by atoms with Crippen LogP contribution in [0.1, 0.15) is 20.3 Å². The summed E-state index contributed by atoms with van der Waals surface area (Å²) in [6, 6.07) is 1.21. The Hall–Kier alpha value is -0.160. The highest BCUT2D eigenvalue weighted by Gasteiger charge is 2.31. The molecule has 2 unspecified atom stereocenters. The average Bonchev–Trinajstić information content (AvgIpc) is 3.17. The predicted octanol–water partition coefficient (Wildman–Crippen LogP) is 0.858. The van der Waals surface area contributed by atoms with Gasteiger partial charge in [-0.15, -0.1) is 24.0 Å². The maximum Gasteiger partial charge on any atom is 0.193 e. The monoisotopic (exact) mass is 508 g/mol. The van der Waals surface area contributed by atoms with Crippen molar-refractivity contribution in [1.29, 1.82) is 0 Å². The molecule has 3 rings (SSSR count). The molecule has 0 aromatic rings. The van der Waals surface area contributed by atoms with E-state index in [4.69, 9.17) is 4.74 Å². The first-order valence-corrected chi connectivity index (χ1v) is 10.8. The second kappa shape index (κ2) is 11.9. The van der Waals surface area contributed by atoms with Crippen molar-refractivity contribution >= 4 is 29.9 Å². The quantitative estimate of drug-likeness (QED) is 0.338. The van der Waals surface area contributed by atoms with Crippen LogP contribution >= 0.6 is 24.0 Å². The van der Waals surface area contributed by atoms with Gasteiger partial charge in [0.25, 0.3) is 0 Å². The second-order valence-electron chi connectivity index (χ2n) is 8.62. The Bertz CT molecular complexity index is 477. The van der Waals surface area contributed by atoms with Gasteiger partial charge in [-0.05, 0) is 19.4 Å². The van der Waals surface area contributed by atoms with Crippen LogP contribution in [0.2, 0.25) is 0 Å². The number of hydrogen-bond donors (Lipinski definition) is 1. The zero-order chi connectivity index (χ0) is 19.2. The molecule has 0 aromatic heterocycles.